The van der Waals surface area contributed by atoms with E-state index in [2.05, 4.69) is 16.0 Å². The number of hydrogen-bond donors (Lipinski definition) is 9. The molecule has 3 amide bonds. The quantitative estimate of drug-likeness (QED) is 0.182. The molecule has 0 radical (unpaired) electrons. The number of halogens is 1. The maximum absolute atomic E-state index is 13.3. The number of aromatic hydroxyl groups is 1. The smallest absolute Gasteiger partial charge is 0.328 e. The van der Waals surface area contributed by atoms with Gasteiger partial charge in [0.05, 0.1) is 18.8 Å². The van der Waals surface area contributed by atoms with E-state index in [9.17, 15) is 39.6 Å². The molecule has 2 aromatic rings. The number of phenols is 1. The lowest BCUT2D eigenvalue weighted by atomic mass is 9.96. The van der Waals surface area contributed by atoms with Crippen molar-refractivity contribution in [1.29, 1.82) is 0 Å². The Hall–Kier alpha value is -3.75. The van der Waals surface area contributed by atoms with E-state index in [0.29, 0.717) is 22.3 Å². The van der Waals surface area contributed by atoms with Crippen LogP contribution in [0, 0.1) is 0 Å². The summed E-state index contributed by atoms with van der Waals surface area (Å²) in [5, 5.41) is 46.5. The van der Waals surface area contributed by atoms with Crippen molar-refractivity contribution in [2.75, 3.05) is 13.2 Å². The predicted molar refractivity (Wildman–Crippen MR) is 144 cm³/mol. The Morgan fingerprint density at radius 1 is 1.05 bits per heavy atom. The summed E-state index contributed by atoms with van der Waals surface area (Å²) in [5.74, 6) is -4.16. The second kappa shape index (κ2) is 13.5. The number of rotatable bonds is 7. The third kappa shape index (κ3) is 7.67. The predicted octanol–water partition coefficient (Wildman–Crippen LogP) is -1.62. The first-order chi connectivity index (χ1) is 18.9. The largest absolute Gasteiger partial charge is 0.508 e. The Morgan fingerprint density at radius 2 is 1.70 bits per heavy atom. The minimum Gasteiger partial charge on any atom is -0.508 e. The number of aliphatic hydroxyl groups excluding tert-OH is 2. The number of carboxylic acids is 1. The first-order valence-corrected chi connectivity index (χ1v) is 12.8. The maximum Gasteiger partial charge on any atom is 0.328 e. The molecule has 11 N–H and O–H groups in total. The van der Waals surface area contributed by atoms with E-state index >= 15 is 0 Å². The standard InChI is InChI=1S/C26H32ClN5O8/c27-17-3-1-12-5-14(17)8-19(24(37)32-21(11-33)26(39)40)31-25(38)20(9-16(34)10-28)30-23(36)18(29)7-15-6-13(12)2-4-22(15)35/h1-6,16,18-21,33-35H,7-11,28-29H2,(H,30,36)(H,31,38)(H,32,37)(H,39,40)/t16-,18+,19+,20+,21+/m1/s1. The highest BCUT2D eigenvalue weighted by Crippen LogP contribution is 2.30. The summed E-state index contributed by atoms with van der Waals surface area (Å²) in [6, 6.07) is 4.07. The van der Waals surface area contributed by atoms with E-state index in [1.165, 1.54) is 6.07 Å². The molecule has 14 heteroatoms. The zero-order chi connectivity index (χ0) is 29.6. The van der Waals surface area contributed by atoms with Crippen LogP contribution in [0.1, 0.15) is 17.5 Å². The van der Waals surface area contributed by atoms with E-state index in [1.54, 1.807) is 30.3 Å². The maximum atomic E-state index is 13.3. The number of carbonyl (C=O) groups is 4. The van der Waals surface area contributed by atoms with Crippen molar-refractivity contribution in [3.8, 4) is 16.9 Å². The van der Waals surface area contributed by atoms with Gasteiger partial charge in [0.1, 0.15) is 23.9 Å². The minimum atomic E-state index is -1.65. The zero-order valence-electron chi connectivity index (χ0n) is 21.3. The first-order valence-electron chi connectivity index (χ1n) is 12.4. The fourth-order valence-corrected chi connectivity index (χ4v) is 4.40. The summed E-state index contributed by atoms with van der Waals surface area (Å²) >= 11 is 6.42. The first kappa shape index (κ1) is 30.8. The number of nitrogens with one attached hydrogen (secondary N) is 3. The fraction of sp³-hybridized carbons (Fsp3) is 0.385. The molecule has 0 fully saturated rings. The second-order valence-corrected chi connectivity index (χ2v) is 9.90. The lowest BCUT2D eigenvalue weighted by Gasteiger charge is -2.26. The molecule has 0 aliphatic carbocycles. The summed E-state index contributed by atoms with van der Waals surface area (Å²) in [5.41, 5.74) is 13.7. The van der Waals surface area contributed by atoms with Crippen molar-refractivity contribution in [1.82, 2.24) is 16.0 Å². The number of hydrogen-bond acceptors (Lipinski definition) is 9. The molecule has 1 heterocycles. The van der Waals surface area contributed by atoms with Crippen LogP contribution in [0.2, 0.25) is 5.02 Å². The van der Waals surface area contributed by atoms with Crippen molar-refractivity contribution >= 4 is 35.3 Å². The van der Waals surface area contributed by atoms with Crippen LogP contribution in [0.5, 0.6) is 5.75 Å². The number of amides is 3. The van der Waals surface area contributed by atoms with Gasteiger partial charge in [0.15, 0.2) is 0 Å². The Morgan fingerprint density at radius 3 is 2.33 bits per heavy atom. The normalized spacial score (nSPS) is 21.2. The van der Waals surface area contributed by atoms with Crippen molar-refractivity contribution in [2.45, 2.75) is 49.5 Å². The fourth-order valence-electron chi connectivity index (χ4n) is 4.21. The van der Waals surface area contributed by atoms with Gasteiger partial charge in [-0.3, -0.25) is 14.4 Å². The van der Waals surface area contributed by atoms with Crippen LogP contribution in [0.3, 0.4) is 0 Å². The lowest BCUT2D eigenvalue weighted by Crippen LogP contribution is -2.58. The van der Waals surface area contributed by atoms with Gasteiger partial charge < -0.3 is 47.8 Å². The summed E-state index contributed by atoms with van der Waals surface area (Å²) in [7, 11) is 0. The van der Waals surface area contributed by atoms with E-state index in [1.807, 2.05) is 0 Å². The van der Waals surface area contributed by atoms with Gasteiger partial charge >= 0.3 is 5.97 Å². The summed E-state index contributed by atoms with van der Waals surface area (Å²) in [6.45, 7) is -1.13. The molecule has 1 aliphatic rings. The third-order valence-electron chi connectivity index (χ3n) is 6.50. The van der Waals surface area contributed by atoms with E-state index in [-0.39, 0.29) is 36.6 Å². The van der Waals surface area contributed by atoms with Crippen molar-refractivity contribution in [2.24, 2.45) is 11.5 Å². The summed E-state index contributed by atoms with van der Waals surface area (Å²) in [6.07, 6.45) is -1.80. The van der Waals surface area contributed by atoms with Crippen LogP contribution >= 0.6 is 11.6 Å². The molecule has 0 saturated heterocycles. The van der Waals surface area contributed by atoms with Crippen LogP contribution < -0.4 is 27.4 Å². The zero-order valence-corrected chi connectivity index (χ0v) is 22.1. The van der Waals surface area contributed by atoms with Crippen LogP contribution in [-0.4, -0.2) is 87.5 Å². The van der Waals surface area contributed by atoms with Gasteiger partial charge in [-0.25, -0.2) is 4.79 Å². The molecule has 0 saturated carbocycles. The van der Waals surface area contributed by atoms with Gasteiger partial charge in [-0.15, -0.1) is 0 Å². The lowest BCUT2D eigenvalue weighted by molar-refractivity contribution is -0.143. The molecule has 5 atom stereocenters. The highest BCUT2D eigenvalue weighted by molar-refractivity contribution is 6.31. The van der Waals surface area contributed by atoms with Crippen molar-refractivity contribution in [3.63, 3.8) is 0 Å². The van der Waals surface area contributed by atoms with Crippen molar-refractivity contribution < 1.29 is 39.6 Å². The molecule has 4 bridgehead atoms. The Bertz CT molecular complexity index is 1280. The Balaban J connectivity index is 2.11. The number of phenolic OH excluding ortho intramolecular Hbond substituents is 1. The SMILES string of the molecule is NC[C@H](O)C[C@@H]1NC(=O)[C@@H](N)Cc2cc(ccc2O)-c2ccc(Cl)c(c2)C[C@@H](C(=O)N[C@@H](CO)C(=O)O)NC1=O. The topological polar surface area (TPSA) is 237 Å². The average molecular weight is 578 g/mol. The molecule has 0 aromatic heterocycles. The molecular weight excluding hydrogens is 546 g/mol. The van der Waals surface area contributed by atoms with Gasteiger partial charge in [0.25, 0.3) is 0 Å². The van der Waals surface area contributed by atoms with Crippen LogP contribution in [0.4, 0.5) is 0 Å². The molecular formula is C26H32ClN5O8. The molecule has 40 heavy (non-hydrogen) atoms. The summed E-state index contributed by atoms with van der Waals surface area (Å²) < 4.78 is 0. The van der Waals surface area contributed by atoms with Crippen LogP contribution in [-0.2, 0) is 32.0 Å². The second-order valence-electron chi connectivity index (χ2n) is 9.49. The molecule has 0 unspecified atom stereocenters. The van der Waals surface area contributed by atoms with Gasteiger partial charge in [0.2, 0.25) is 17.7 Å². The Labute approximate surface area is 234 Å². The minimum absolute atomic E-state index is 0.0809. The van der Waals surface area contributed by atoms with E-state index in [0.717, 1.165) is 0 Å². The van der Waals surface area contributed by atoms with Crippen molar-refractivity contribution in [3.05, 3.63) is 52.5 Å². The van der Waals surface area contributed by atoms with Gasteiger partial charge in [0, 0.05) is 30.8 Å². The van der Waals surface area contributed by atoms with Gasteiger partial charge in [-0.05, 0) is 46.5 Å². The molecule has 0 spiro atoms. The molecule has 1 aliphatic heterocycles. The molecule has 216 valence electrons. The number of fused-ring (bicyclic) bond motifs is 5. The number of carbonyl (C=O) groups excluding carboxylic acids is 3. The van der Waals surface area contributed by atoms with Crippen LogP contribution in [0.15, 0.2) is 36.4 Å². The Kier molecular flexibility index (Phi) is 10.4. The highest BCUT2D eigenvalue weighted by Gasteiger charge is 2.32. The third-order valence-corrected chi connectivity index (χ3v) is 6.87. The number of benzene rings is 2. The van der Waals surface area contributed by atoms with Gasteiger partial charge in [-0.1, -0.05) is 23.7 Å². The highest BCUT2D eigenvalue weighted by atomic mass is 35.5. The average Bonchev–Trinajstić information content (AvgIpc) is 2.92. The number of aliphatic hydroxyl groups is 2. The molecule has 2 aromatic carbocycles. The van der Waals surface area contributed by atoms with Crippen LogP contribution in [0.25, 0.3) is 11.1 Å². The van der Waals surface area contributed by atoms with E-state index < -0.39 is 60.6 Å². The molecule has 13 nitrogen and oxygen atoms in total. The monoisotopic (exact) mass is 577 g/mol. The van der Waals surface area contributed by atoms with E-state index in [4.69, 9.17) is 23.1 Å². The number of nitrogens with two attached hydrogens (primary N) is 2. The number of aliphatic carboxylic acids is 1. The summed E-state index contributed by atoms with van der Waals surface area (Å²) in [4.78, 5) is 50.8. The number of carboxylic acid groups (broad SMARTS) is 1. The van der Waals surface area contributed by atoms with Gasteiger partial charge in [-0.2, -0.15) is 0 Å². The molecule has 3 rings (SSSR count).